The number of aryl methyl sites for hydroxylation is 2. The predicted molar refractivity (Wildman–Crippen MR) is 116 cm³/mol. The summed E-state index contributed by atoms with van der Waals surface area (Å²) in [4.78, 5) is 8.71. The second-order valence-corrected chi connectivity index (χ2v) is 8.04. The van der Waals surface area contributed by atoms with E-state index in [2.05, 4.69) is 20.6 Å². The zero-order valence-corrected chi connectivity index (χ0v) is 19.3. The Morgan fingerprint density at radius 1 is 1.19 bits per heavy atom. The zero-order chi connectivity index (χ0) is 19.3. The number of hydrogen-bond acceptors (Lipinski definition) is 5. The molecule has 0 aliphatic carbocycles. The van der Waals surface area contributed by atoms with Gasteiger partial charge in [-0.3, -0.25) is 4.99 Å². The number of halogens is 1. The lowest BCUT2D eigenvalue weighted by Gasteiger charge is -2.16. The maximum Gasteiger partial charge on any atom is 0.242 e. The molecule has 0 fully saturated rings. The Morgan fingerprint density at radius 3 is 2.37 bits per heavy atom. The second kappa shape index (κ2) is 10.0. The monoisotopic (exact) mass is 507 g/mol. The molecule has 10 heteroatoms. The van der Waals surface area contributed by atoms with Gasteiger partial charge in [0.15, 0.2) is 5.96 Å². The van der Waals surface area contributed by atoms with E-state index in [9.17, 15) is 8.42 Å². The lowest BCUT2D eigenvalue weighted by atomic mass is 10.2. The topological polar surface area (TPSA) is 99.8 Å². The summed E-state index contributed by atoms with van der Waals surface area (Å²) in [6, 6.07) is 6.89. The molecule has 0 aliphatic rings. The number of guanidine groups is 1. The molecular formula is C17H26IN5O3S. The highest BCUT2D eigenvalue weighted by Crippen LogP contribution is 2.18. The van der Waals surface area contributed by atoms with Gasteiger partial charge in [-0.05, 0) is 25.5 Å². The number of nitrogens with zero attached hydrogens (tertiary/aromatic N) is 3. The molecule has 0 saturated heterocycles. The van der Waals surface area contributed by atoms with E-state index < -0.39 is 10.0 Å². The number of oxazole rings is 1. The molecule has 1 aromatic heterocycles. The summed E-state index contributed by atoms with van der Waals surface area (Å²) in [5.74, 6) is 1.88. The van der Waals surface area contributed by atoms with E-state index in [0.29, 0.717) is 30.5 Å². The maximum absolute atomic E-state index is 12.4. The number of sulfonamides is 1. The molecule has 0 bridgehead atoms. The van der Waals surface area contributed by atoms with Gasteiger partial charge in [0.2, 0.25) is 15.9 Å². The summed E-state index contributed by atoms with van der Waals surface area (Å²) >= 11 is 0. The third kappa shape index (κ3) is 5.91. The number of aromatic nitrogens is 1. The fraction of sp³-hybridized carbons (Fsp3) is 0.412. The maximum atomic E-state index is 12.4. The highest BCUT2D eigenvalue weighted by Gasteiger charge is 2.20. The van der Waals surface area contributed by atoms with Crippen LogP contribution in [0.5, 0.6) is 0 Å². The van der Waals surface area contributed by atoms with E-state index in [1.807, 2.05) is 13.8 Å². The first-order valence-electron chi connectivity index (χ1n) is 8.13. The van der Waals surface area contributed by atoms with Crippen molar-refractivity contribution in [1.82, 2.24) is 19.9 Å². The van der Waals surface area contributed by atoms with E-state index in [4.69, 9.17) is 4.42 Å². The predicted octanol–water partition coefficient (Wildman–Crippen LogP) is 2.02. The van der Waals surface area contributed by atoms with Gasteiger partial charge in [0, 0.05) is 27.7 Å². The van der Waals surface area contributed by atoms with Gasteiger partial charge in [-0.25, -0.2) is 17.7 Å². The molecule has 2 N–H and O–H groups in total. The number of benzene rings is 1. The van der Waals surface area contributed by atoms with Crippen LogP contribution in [0, 0.1) is 13.8 Å². The molecule has 150 valence electrons. The summed E-state index contributed by atoms with van der Waals surface area (Å²) in [7, 11) is 1.16. The minimum atomic E-state index is -3.51. The van der Waals surface area contributed by atoms with Crippen LogP contribution in [-0.4, -0.2) is 44.8 Å². The van der Waals surface area contributed by atoms with Gasteiger partial charge in [-0.15, -0.1) is 24.0 Å². The van der Waals surface area contributed by atoms with Gasteiger partial charge in [0.25, 0.3) is 0 Å². The Hall–Kier alpha value is -1.66. The van der Waals surface area contributed by atoms with E-state index in [1.54, 1.807) is 31.3 Å². The van der Waals surface area contributed by atoms with Crippen LogP contribution < -0.4 is 10.6 Å². The van der Waals surface area contributed by atoms with Gasteiger partial charge in [-0.1, -0.05) is 18.2 Å². The van der Waals surface area contributed by atoms with Crippen molar-refractivity contribution in [2.75, 3.05) is 21.1 Å². The quantitative estimate of drug-likeness (QED) is 0.353. The number of rotatable bonds is 6. The molecule has 2 rings (SSSR count). The van der Waals surface area contributed by atoms with Crippen LogP contribution in [0.15, 0.2) is 38.6 Å². The lowest BCUT2D eigenvalue weighted by Crippen LogP contribution is -2.37. The highest BCUT2D eigenvalue weighted by atomic mass is 127. The van der Waals surface area contributed by atoms with Crippen molar-refractivity contribution in [3.05, 3.63) is 47.2 Å². The Balaban J connectivity index is 0.00000364. The standard InChI is InChI=1S/C17H25N5O3S.HI/c1-12-13(2)25-16(21-12)11-20-17(18-3)19-10-14-8-6-7-9-15(14)26(23,24)22(4)5;/h6-9H,10-11H2,1-5H3,(H2,18,19,20);1H. The van der Waals surface area contributed by atoms with Crippen LogP contribution >= 0.6 is 24.0 Å². The summed E-state index contributed by atoms with van der Waals surface area (Å²) < 4.78 is 31.6. The van der Waals surface area contributed by atoms with Crippen molar-refractivity contribution >= 4 is 40.0 Å². The number of nitrogens with one attached hydrogen (secondary N) is 2. The van der Waals surface area contributed by atoms with Crippen molar-refractivity contribution in [3.8, 4) is 0 Å². The first kappa shape index (κ1) is 23.4. The average Bonchev–Trinajstić information content (AvgIpc) is 2.93. The SMILES string of the molecule is CN=C(NCc1nc(C)c(C)o1)NCc1ccccc1S(=O)(=O)N(C)C.I. The van der Waals surface area contributed by atoms with Gasteiger partial charge >= 0.3 is 0 Å². The van der Waals surface area contributed by atoms with Crippen molar-refractivity contribution in [2.24, 2.45) is 4.99 Å². The van der Waals surface area contributed by atoms with Crippen molar-refractivity contribution in [2.45, 2.75) is 31.8 Å². The molecular weight excluding hydrogens is 481 g/mol. The van der Waals surface area contributed by atoms with Crippen LogP contribution in [0.1, 0.15) is 22.9 Å². The van der Waals surface area contributed by atoms with E-state index in [-0.39, 0.29) is 28.9 Å². The molecule has 0 atom stereocenters. The van der Waals surface area contributed by atoms with Gasteiger partial charge < -0.3 is 15.1 Å². The third-order valence-corrected chi connectivity index (χ3v) is 5.80. The molecule has 0 saturated carbocycles. The lowest BCUT2D eigenvalue weighted by molar-refractivity contribution is 0.463. The molecule has 0 aliphatic heterocycles. The average molecular weight is 507 g/mol. The van der Waals surface area contributed by atoms with Gasteiger partial charge in [0.1, 0.15) is 5.76 Å². The Morgan fingerprint density at radius 2 is 1.81 bits per heavy atom. The number of hydrogen-bond donors (Lipinski definition) is 2. The largest absolute Gasteiger partial charge is 0.444 e. The molecule has 0 radical (unpaired) electrons. The van der Waals surface area contributed by atoms with Crippen LogP contribution in [0.25, 0.3) is 0 Å². The zero-order valence-electron chi connectivity index (χ0n) is 16.1. The molecule has 8 nitrogen and oxygen atoms in total. The van der Waals surface area contributed by atoms with E-state index >= 15 is 0 Å². The summed E-state index contributed by atoms with van der Waals surface area (Å²) in [6.45, 7) is 4.44. The summed E-state index contributed by atoms with van der Waals surface area (Å²) in [5.41, 5.74) is 1.51. The van der Waals surface area contributed by atoms with Crippen LogP contribution in [0.3, 0.4) is 0 Å². The molecule has 1 heterocycles. The molecule has 27 heavy (non-hydrogen) atoms. The van der Waals surface area contributed by atoms with Crippen LogP contribution in [0.2, 0.25) is 0 Å². The minimum absolute atomic E-state index is 0. The number of aliphatic imine (C=N–C) groups is 1. The first-order chi connectivity index (χ1) is 12.3. The summed E-state index contributed by atoms with van der Waals surface area (Å²) in [6.07, 6.45) is 0. The van der Waals surface area contributed by atoms with E-state index in [1.165, 1.54) is 18.4 Å². The van der Waals surface area contributed by atoms with Crippen LogP contribution in [-0.2, 0) is 23.1 Å². The minimum Gasteiger partial charge on any atom is -0.444 e. The van der Waals surface area contributed by atoms with Crippen molar-refractivity contribution in [3.63, 3.8) is 0 Å². The van der Waals surface area contributed by atoms with Gasteiger partial charge in [0.05, 0.1) is 17.1 Å². The van der Waals surface area contributed by atoms with E-state index in [0.717, 1.165) is 11.5 Å². The first-order valence-corrected chi connectivity index (χ1v) is 9.57. The Bertz CT molecular complexity index is 874. The third-order valence-electron chi connectivity index (χ3n) is 3.88. The molecule has 0 amide bonds. The Labute approximate surface area is 177 Å². The van der Waals surface area contributed by atoms with Crippen molar-refractivity contribution < 1.29 is 12.8 Å². The smallest absolute Gasteiger partial charge is 0.242 e. The fourth-order valence-corrected chi connectivity index (χ4v) is 3.39. The van der Waals surface area contributed by atoms with Crippen molar-refractivity contribution in [1.29, 1.82) is 0 Å². The molecule has 0 spiro atoms. The normalized spacial score (nSPS) is 12.0. The highest BCUT2D eigenvalue weighted by molar-refractivity contribution is 14.0. The molecule has 0 unspecified atom stereocenters. The molecule has 1 aromatic carbocycles. The van der Waals surface area contributed by atoms with Gasteiger partial charge in [-0.2, -0.15) is 0 Å². The Kier molecular flexibility index (Phi) is 8.69. The summed E-state index contributed by atoms with van der Waals surface area (Å²) in [5, 5.41) is 6.22. The van der Waals surface area contributed by atoms with Crippen LogP contribution in [0.4, 0.5) is 0 Å². The molecule has 2 aromatic rings. The second-order valence-electron chi connectivity index (χ2n) is 5.92. The fourth-order valence-electron chi connectivity index (χ4n) is 2.27.